The number of carbonyl (C=O) groups excluding carboxylic acids is 1. The molecule has 1 N–H and O–H groups in total. The zero-order valence-corrected chi connectivity index (χ0v) is 16.1. The maximum atomic E-state index is 13.4. The summed E-state index contributed by atoms with van der Waals surface area (Å²) in [6, 6.07) is 13.7. The van der Waals surface area contributed by atoms with Gasteiger partial charge >= 0.3 is 0 Å². The largest absolute Gasteiger partial charge is 0.321 e. The van der Waals surface area contributed by atoms with Crippen molar-refractivity contribution in [2.75, 3.05) is 11.1 Å². The van der Waals surface area contributed by atoms with E-state index in [9.17, 15) is 4.79 Å². The first-order valence-corrected chi connectivity index (χ1v) is 10.8. The van der Waals surface area contributed by atoms with Crippen LogP contribution in [0.4, 0.5) is 5.69 Å². The van der Waals surface area contributed by atoms with Gasteiger partial charge in [0.1, 0.15) is 5.00 Å². The molecule has 0 bridgehead atoms. The van der Waals surface area contributed by atoms with Gasteiger partial charge in [-0.1, -0.05) is 6.07 Å². The van der Waals surface area contributed by atoms with Crippen molar-refractivity contribution in [2.45, 2.75) is 12.2 Å². The van der Waals surface area contributed by atoms with Crippen LogP contribution in [0.3, 0.4) is 0 Å². The molecule has 4 nitrogen and oxygen atoms in total. The third-order valence-corrected chi connectivity index (χ3v) is 7.18. The summed E-state index contributed by atoms with van der Waals surface area (Å²) >= 11 is 3.67. The highest BCUT2D eigenvalue weighted by molar-refractivity contribution is 7.98. The van der Waals surface area contributed by atoms with Crippen molar-refractivity contribution in [3.8, 4) is 5.00 Å². The Morgan fingerprint density at radius 3 is 2.89 bits per heavy atom. The summed E-state index contributed by atoms with van der Waals surface area (Å²) < 4.78 is 2.05. The molecule has 3 aromatic heterocycles. The van der Waals surface area contributed by atoms with Crippen molar-refractivity contribution in [3.63, 3.8) is 0 Å². The van der Waals surface area contributed by atoms with Crippen molar-refractivity contribution in [2.24, 2.45) is 0 Å². The molecular formula is C21H17N3OS2. The third-order valence-electron chi connectivity index (χ3n) is 4.76. The average molecular weight is 392 g/mol. The Morgan fingerprint density at radius 2 is 2.00 bits per heavy atom. The number of rotatable bonds is 3. The van der Waals surface area contributed by atoms with E-state index in [1.165, 1.54) is 10.4 Å². The first-order valence-electron chi connectivity index (χ1n) is 8.82. The topological polar surface area (TPSA) is 46.9 Å². The smallest absolute Gasteiger partial charge is 0.258 e. The van der Waals surface area contributed by atoms with Gasteiger partial charge in [0.2, 0.25) is 0 Å². The predicted octanol–water partition coefficient (Wildman–Crippen LogP) is 5.13. The number of amides is 1. The number of nitrogens with zero attached hydrogens (tertiary/aromatic N) is 2. The van der Waals surface area contributed by atoms with Crippen molar-refractivity contribution in [1.29, 1.82) is 0 Å². The zero-order valence-electron chi connectivity index (χ0n) is 14.5. The van der Waals surface area contributed by atoms with Gasteiger partial charge in [0, 0.05) is 34.6 Å². The van der Waals surface area contributed by atoms with E-state index < -0.39 is 0 Å². The molecule has 0 aliphatic carbocycles. The standard InChI is InChI=1S/C21H17N3OS2/c25-20(23-17-7-3-6-16-14(17)5-4-9-22-16)19-15-8-12-26-13-18(15)27-21(19)24-10-1-2-11-24/h1-7,9-11H,8,12-13H2,(H,23,25). The van der Waals surface area contributed by atoms with E-state index in [0.717, 1.165) is 45.1 Å². The van der Waals surface area contributed by atoms with Crippen LogP contribution in [0, 0.1) is 0 Å². The quantitative estimate of drug-likeness (QED) is 0.527. The predicted molar refractivity (Wildman–Crippen MR) is 113 cm³/mol. The maximum Gasteiger partial charge on any atom is 0.258 e. The zero-order chi connectivity index (χ0) is 18.2. The number of anilines is 1. The lowest BCUT2D eigenvalue weighted by Gasteiger charge is -2.14. The van der Waals surface area contributed by atoms with Crippen molar-refractivity contribution >= 4 is 45.6 Å². The van der Waals surface area contributed by atoms with Gasteiger partial charge in [0.05, 0.1) is 16.8 Å². The molecule has 0 fully saturated rings. The molecule has 6 heteroatoms. The van der Waals surface area contributed by atoms with Crippen LogP contribution in [0.5, 0.6) is 0 Å². The number of carbonyl (C=O) groups is 1. The molecule has 1 aromatic carbocycles. The lowest BCUT2D eigenvalue weighted by molar-refractivity contribution is 0.102. The van der Waals surface area contributed by atoms with E-state index in [2.05, 4.69) is 10.3 Å². The van der Waals surface area contributed by atoms with Crippen molar-refractivity contribution in [1.82, 2.24) is 9.55 Å². The van der Waals surface area contributed by atoms with Crippen LogP contribution < -0.4 is 5.32 Å². The van der Waals surface area contributed by atoms with Crippen LogP contribution in [-0.4, -0.2) is 21.2 Å². The van der Waals surface area contributed by atoms with Crippen LogP contribution in [0.15, 0.2) is 61.1 Å². The Kier molecular flexibility index (Phi) is 4.22. The van der Waals surface area contributed by atoms with Crippen molar-refractivity contribution in [3.05, 3.63) is 77.1 Å². The number of fused-ring (bicyclic) bond motifs is 2. The van der Waals surface area contributed by atoms with Crippen LogP contribution in [0.2, 0.25) is 0 Å². The molecule has 0 atom stereocenters. The van der Waals surface area contributed by atoms with E-state index in [1.54, 1.807) is 17.5 Å². The number of thioether (sulfide) groups is 1. The maximum absolute atomic E-state index is 13.4. The summed E-state index contributed by atoms with van der Waals surface area (Å²) in [7, 11) is 0. The molecule has 4 heterocycles. The molecule has 0 saturated heterocycles. The molecule has 1 aliphatic rings. The summed E-state index contributed by atoms with van der Waals surface area (Å²) in [5, 5.41) is 5.10. The molecule has 0 spiro atoms. The van der Waals surface area contributed by atoms with Gasteiger partial charge < -0.3 is 9.88 Å². The SMILES string of the molecule is O=C(Nc1cccc2ncccc12)c1c(-n2cccc2)sc2c1CCSC2. The molecular weight excluding hydrogens is 374 g/mol. The number of benzene rings is 1. The fourth-order valence-electron chi connectivity index (χ4n) is 3.50. The highest BCUT2D eigenvalue weighted by Gasteiger charge is 2.26. The Hall–Kier alpha value is -2.57. The number of thiophene rings is 1. The molecule has 1 amide bonds. The second-order valence-electron chi connectivity index (χ2n) is 6.41. The highest BCUT2D eigenvalue weighted by atomic mass is 32.2. The lowest BCUT2D eigenvalue weighted by atomic mass is 10.1. The summed E-state index contributed by atoms with van der Waals surface area (Å²) in [4.78, 5) is 19.1. The first kappa shape index (κ1) is 16.6. The molecule has 134 valence electrons. The summed E-state index contributed by atoms with van der Waals surface area (Å²) in [5.74, 6) is 2.01. The van der Waals surface area contributed by atoms with E-state index in [0.29, 0.717) is 0 Å². The molecule has 27 heavy (non-hydrogen) atoms. The Bertz CT molecular complexity index is 1130. The fourth-order valence-corrected chi connectivity index (χ4v) is 5.94. The number of pyridine rings is 1. The van der Waals surface area contributed by atoms with Gasteiger partial charge in [0.15, 0.2) is 0 Å². The van der Waals surface area contributed by atoms with E-state index >= 15 is 0 Å². The van der Waals surface area contributed by atoms with E-state index in [1.807, 2.05) is 71.2 Å². The molecule has 0 saturated carbocycles. The number of nitrogens with one attached hydrogen (secondary N) is 1. The normalized spacial score (nSPS) is 13.5. The molecule has 4 aromatic rings. The third kappa shape index (κ3) is 2.95. The second-order valence-corrected chi connectivity index (χ2v) is 8.60. The summed E-state index contributed by atoms with van der Waals surface area (Å²) in [6.07, 6.45) is 6.72. The Morgan fingerprint density at radius 1 is 1.11 bits per heavy atom. The van der Waals surface area contributed by atoms with Crippen molar-refractivity contribution < 1.29 is 4.79 Å². The minimum Gasteiger partial charge on any atom is -0.321 e. The average Bonchev–Trinajstić information content (AvgIpc) is 3.36. The van der Waals surface area contributed by atoms with E-state index in [4.69, 9.17) is 0 Å². The molecule has 5 rings (SSSR count). The first-order chi connectivity index (χ1) is 13.3. The van der Waals surface area contributed by atoms with E-state index in [-0.39, 0.29) is 5.91 Å². The van der Waals surface area contributed by atoms with Crippen LogP contribution in [0.25, 0.3) is 15.9 Å². The van der Waals surface area contributed by atoms with Gasteiger partial charge in [-0.2, -0.15) is 11.8 Å². The minimum atomic E-state index is -0.0422. The second kappa shape index (κ2) is 6.87. The minimum absolute atomic E-state index is 0.0422. The number of hydrogen-bond acceptors (Lipinski definition) is 4. The van der Waals surface area contributed by atoms with Gasteiger partial charge in [-0.15, -0.1) is 11.3 Å². The van der Waals surface area contributed by atoms with Gasteiger partial charge in [-0.05, 0) is 54.1 Å². The van der Waals surface area contributed by atoms with Gasteiger partial charge in [0.25, 0.3) is 5.91 Å². The molecule has 0 radical (unpaired) electrons. The Labute approximate surface area is 165 Å². The van der Waals surface area contributed by atoms with Gasteiger partial charge in [-0.3, -0.25) is 9.78 Å². The fraction of sp³-hybridized carbons (Fsp3) is 0.143. The number of aromatic nitrogens is 2. The number of hydrogen-bond donors (Lipinski definition) is 1. The van der Waals surface area contributed by atoms with Crippen LogP contribution in [-0.2, 0) is 12.2 Å². The highest BCUT2D eigenvalue weighted by Crippen LogP contribution is 2.38. The monoisotopic (exact) mass is 391 g/mol. The molecule has 1 aliphatic heterocycles. The summed E-state index contributed by atoms with van der Waals surface area (Å²) in [6.45, 7) is 0. The molecule has 0 unspecified atom stereocenters. The lowest BCUT2D eigenvalue weighted by Crippen LogP contribution is -2.16. The van der Waals surface area contributed by atoms with Crippen LogP contribution in [0.1, 0.15) is 20.8 Å². The van der Waals surface area contributed by atoms with Gasteiger partial charge in [-0.25, -0.2) is 0 Å². The summed E-state index contributed by atoms with van der Waals surface area (Å²) in [5.41, 5.74) is 3.70. The Balaban J connectivity index is 1.59. The van der Waals surface area contributed by atoms with Crippen LogP contribution >= 0.6 is 23.1 Å².